The largest absolute Gasteiger partial charge is 0.337 e. The van der Waals surface area contributed by atoms with E-state index >= 15 is 0 Å². The molecule has 8 nitrogen and oxygen atoms in total. The molecule has 6 rings (SSSR count). The Labute approximate surface area is 176 Å². The maximum atomic E-state index is 13.9. The summed E-state index contributed by atoms with van der Waals surface area (Å²) < 4.78 is 22.4. The Hall–Kier alpha value is -3.62. The van der Waals surface area contributed by atoms with Gasteiger partial charge in [-0.2, -0.15) is 4.98 Å². The van der Waals surface area contributed by atoms with Crippen molar-refractivity contribution < 1.29 is 8.91 Å². The SMILES string of the molecule is Cc1ccc(C2=C[C@@H]3[C@H](C2)[C@H]3c2noc(Cn3cnc4ncn(C)c4c3=O)n2)cc1F. The molecule has 2 aliphatic carbocycles. The van der Waals surface area contributed by atoms with Gasteiger partial charge in [-0.15, -0.1) is 0 Å². The van der Waals surface area contributed by atoms with E-state index in [1.54, 1.807) is 30.9 Å². The van der Waals surface area contributed by atoms with Crippen LogP contribution in [0.25, 0.3) is 16.7 Å². The van der Waals surface area contributed by atoms with Crippen molar-refractivity contribution in [3.63, 3.8) is 0 Å². The molecule has 0 saturated heterocycles. The quantitative estimate of drug-likeness (QED) is 0.506. The Bertz CT molecular complexity index is 1430. The van der Waals surface area contributed by atoms with Gasteiger partial charge in [-0.25, -0.2) is 14.4 Å². The molecule has 0 unspecified atom stereocenters. The molecule has 1 saturated carbocycles. The fourth-order valence-electron chi connectivity index (χ4n) is 4.61. The lowest BCUT2D eigenvalue weighted by atomic mass is 9.99. The number of allylic oxidation sites excluding steroid dienone is 2. The van der Waals surface area contributed by atoms with Gasteiger partial charge in [0.25, 0.3) is 5.56 Å². The number of fused-ring (bicyclic) bond motifs is 2. The third kappa shape index (κ3) is 2.83. The summed E-state index contributed by atoms with van der Waals surface area (Å²) in [5.41, 5.74) is 3.42. The van der Waals surface area contributed by atoms with Crippen molar-refractivity contribution in [2.45, 2.75) is 25.8 Å². The van der Waals surface area contributed by atoms with E-state index in [0.29, 0.717) is 40.3 Å². The maximum absolute atomic E-state index is 13.9. The van der Waals surface area contributed by atoms with Crippen molar-refractivity contribution in [1.82, 2.24) is 29.2 Å². The number of aryl methyl sites for hydroxylation is 2. The minimum Gasteiger partial charge on any atom is -0.337 e. The Morgan fingerprint density at radius 1 is 1.26 bits per heavy atom. The molecule has 2 aliphatic rings. The molecule has 1 aromatic carbocycles. The van der Waals surface area contributed by atoms with Gasteiger partial charge in [0.15, 0.2) is 17.0 Å². The van der Waals surface area contributed by atoms with Crippen molar-refractivity contribution in [2.24, 2.45) is 18.9 Å². The summed E-state index contributed by atoms with van der Waals surface area (Å²) in [7, 11) is 1.76. The predicted octanol–water partition coefficient (Wildman–Crippen LogP) is 2.83. The molecule has 1 fully saturated rings. The number of nitrogens with zero attached hydrogens (tertiary/aromatic N) is 6. The Morgan fingerprint density at radius 3 is 2.87 bits per heavy atom. The van der Waals surface area contributed by atoms with Crippen LogP contribution in [0.1, 0.15) is 35.2 Å². The standard InChI is InChI=1S/C22H19FN6O2/c1-11-3-4-12(7-16(11)23)13-5-14-15(6-13)18(14)20-26-17(31-27-20)8-29-10-25-21-19(22(29)30)28(2)9-24-21/h3-5,7,9-10,14-15,18H,6,8H2,1-2H3/t14-,15+,18+/m1/s1. The molecule has 156 valence electrons. The molecular weight excluding hydrogens is 399 g/mol. The molecule has 0 amide bonds. The molecule has 3 heterocycles. The molecule has 0 spiro atoms. The zero-order valence-electron chi connectivity index (χ0n) is 17.0. The molecule has 0 N–H and O–H groups in total. The molecule has 4 aromatic rings. The van der Waals surface area contributed by atoms with Crippen LogP contribution in [-0.4, -0.2) is 29.2 Å². The summed E-state index contributed by atoms with van der Waals surface area (Å²) in [4.78, 5) is 25.5. The highest BCUT2D eigenvalue weighted by atomic mass is 19.1. The molecular formula is C22H19FN6O2. The number of benzene rings is 1. The van der Waals surface area contributed by atoms with E-state index < -0.39 is 0 Å². The van der Waals surface area contributed by atoms with Crippen molar-refractivity contribution >= 4 is 16.7 Å². The van der Waals surface area contributed by atoms with Crippen molar-refractivity contribution in [3.05, 3.63) is 75.9 Å². The molecule has 9 heteroatoms. The second-order valence-electron chi connectivity index (χ2n) is 8.38. The van der Waals surface area contributed by atoms with Crippen LogP contribution in [0.3, 0.4) is 0 Å². The first-order valence-electron chi connectivity index (χ1n) is 10.2. The smallest absolute Gasteiger partial charge is 0.280 e. The van der Waals surface area contributed by atoms with Gasteiger partial charge in [-0.3, -0.25) is 9.36 Å². The van der Waals surface area contributed by atoms with E-state index in [2.05, 4.69) is 26.2 Å². The molecule has 3 atom stereocenters. The van der Waals surface area contributed by atoms with Gasteiger partial charge in [0.2, 0.25) is 5.89 Å². The highest BCUT2D eigenvalue weighted by molar-refractivity contribution is 5.71. The van der Waals surface area contributed by atoms with Gasteiger partial charge in [0.05, 0.1) is 6.33 Å². The van der Waals surface area contributed by atoms with E-state index in [-0.39, 0.29) is 23.8 Å². The monoisotopic (exact) mass is 418 g/mol. The van der Waals surface area contributed by atoms with Crippen molar-refractivity contribution in [3.8, 4) is 0 Å². The fraction of sp³-hybridized carbons (Fsp3) is 0.318. The van der Waals surface area contributed by atoms with Crippen LogP contribution >= 0.6 is 0 Å². The van der Waals surface area contributed by atoms with Gasteiger partial charge in [0, 0.05) is 13.0 Å². The number of halogens is 1. The highest BCUT2D eigenvalue weighted by Crippen LogP contribution is 2.62. The lowest BCUT2D eigenvalue weighted by Crippen LogP contribution is -2.22. The van der Waals surface area contributed by atoms with E-state index in [9.17, 15) is 9.18 Å². The van der Waals surface area contributed by atoms with Gasteiger partial charge in [0.1, 0.15) is 18.7 Å². The number of aromatic nitrogens is 6. The van der Waals surface area contributed by atoms with E-state index in [4.69, 9.17) is 4.52 Å². The second kappa shape index (κ2) is 6.44. The van der Waals surface area contributed by atoms with E-state index in [1.807, 2.05) is 12.1 Å². The lowest BCUT2D eigenvalue weighted by molar-refractivity contribution is 0.364. The van der Waals surface area contributed by atoms with Crippen molar-refractivity contribution in [2.75, 3.05) is 0 Å². The van der Waals surface area contributed by atoms with Crippen LogP contribution in [0.4, 0.5) is 4.39 Å². The summed E-state index contributed by atoms with van der Waals surface area (Å²) >= 11 is 0. The van der Waals surface area contributed by atoms with E-state index in [0.717, 1.165) is 12.0 Å². The molecule has 3 aromatic heterocycles. The van der Waals surface area contributed by atoms with Crippen LogP contribution < -0.4 is 5.56 Å². The zero-order chi connectivity index (χ0) is 21.3. The topological polar surface area (TPSA) is 91.6 Å². The first-order valence-corrected chi connectivity index (χ1v) is 10.2. The number of hydrogen-bond acceptors (Lipinski definition) is 6. The van der Waals surface area contributed by atoms with Crippen LogP contribution in [0, 0.1) is 24.6 Å². The summed E-state index contributed by atoms with van der Waals surface area (Å²) in [5, 5.41) is 4.15. The number of hydrogen-bond donors (Lipinski definition) is 0. The third-order valence-electron chi connectivity index (χ3n) is 6.41. The average Bonchev–Trinajstić information content (AvgIpc) is 3.18. The Kier molecular flexibility index (Phi) is 3.77. The first kappa shape index (κ1) is 18.2. The third-order valence-corrected chi connectivity index (χ3v) is 6.41. The summed E-state index contributed by atoms with van der Waals surface area (Å²) in [6.45, 7) is 1.92. The van der Waals surface area contributed by atoms with Crippen LogP contribution in [0.15, 0.2) is 46.2 Å². The molecule has 0 aliphatic heterocycles. The number of rotatable bonds is 4. The minimum absolute atomic E-state index is 0.158. The van der Waals surface area contributed by atoms with Gasteiger partial charge < -0.3 is 9.09 Å². The first-order chi connectivity index (χ1) is 15.0. The molecule has 0 radical (unpaired) electrons. The summed E-state index contributed by atoms with van der Waals surface area (Å²) in [6.07, 6.45) is 6.10. The normalized spacial score (nSPS) is 22.0. The van der Waals surface area contributed by atoms with Crippen LogP contribution in [0.2, 0.25) is 0 Å². The van der Waals surface area contributed by atoms with Crippen LogP contribution in [-0.2, 0) is 13.6 Å². The number of imidazole rings is 1. The van der Waals surface area contributed by atoms with Gasteiger partial charge in [-0.05, 0) is 47.9 Å². The maximum Gasteiger partial charge on any atom is 0.280 e. The lowest BCUT2D eigenvalue weighted by Gasteiger charge is -2.07. The van der Waals surface area contributed by atoms with Crippen molar-refractivity contribution in [1.29, 1.82) is 0 Å². The Balaban J connectivity index is 1.20. The molecule has 31 heavy (non-hydrogen) atoms. The van der Waals surface area contributed by atoms with Gasteiger partial charge in [-0.1, -0.05) is 23.4 Å². The highest BCUT2D eigenvalue weighted by Gasteiger charge is 2.55. The zero-order valence-corrected chi connectivity index (χ0v) is 17.0. The summed E-state index contributed by atoms with van der Waals surface area (Å²) in [6, 6.07) is 5.40. The van der Waals surface area contributed by atoms with Crippen LogP contribution in [0.5, 0.6) is 0 Å². The average molecular weight is 418 g/mol. The fourth-order valence-corrected chi connectivity index (χ4v) is 4.61. The predicted molar refractivity (Wildman–Crippen MR) is 110 cm³/mol. The van der Waals surface area contributed by atoms with Gasteiger partial charge >= 0.3 is 0 Å². The summed E-state index contributed by atoms with van der Waals surface area (Å²) in [5.74, 6) is 1.84. The second-order valence-corrected chi connectivity index (χ2v) is 8.38. The molecule has 0 bridgehead atoms. The van der Waals surface area contributed by atoms with E-state index in [1.165, 1.54) is 16.5 Å². The Morgan fingerprint density at radius 2 is 2.10 bits per heavy atom. The minimum atomic E-state index is -0.203.